The zero-order valence-corrected chi connectivity index (χ0v) is 23.7. The third-order valence-electron chi connectivity index (χ3n) is 6.16. The van der Waals surface area contributed by atoms with E-state index in [1.165, 1.54) is 18.3 Å². The van der Waals surface area contributed by atoms with Gasteiger partial charge >= 0.3 is 12.2 Å². The van der Waals surface area contributed by atoms with Crippen LogP contribution in [0.1, 0.15) is 13.8 Å². The van der Waals surface area contributed by atoms with Crippen LogP contribution in [-0.4, -0.2) is 41.0 Å². The highest BCUT2D eigenvalue weighted by Gasteiger charge is 2.21. The molecule has 218 valence electrons. The summed E-state index contributed by atoms with van der Waals surface area (Å²) >= 11 is 0. The lowest BCUT2D eigenvalue weighted by Crippen LogP contribution is -2.17. The van der Waals surface area contributed by atoms with Crippen LogP contribution in [0.5, 0.6) is 11.6 Å². The molecule has 0 saturated heterocycles. The van der Waals surface area contributed by atoms with Crippen LogP contribution in [0, 0.1) is 0 Å². The number of para-hydroxylation sites is 1. The number of ether oxygens (including phenoxy) is 2. The first-order valence-corrected chi connectivity index (χ1v) is 14.4. The van der Waals surface area contributed by atoms with Crippen molar-refractivity contribution in [1.29, 1.82) is 0 Å². The van der Waals surface area contributed by atoms with Gasteiger partial charge in [0.2, 0.25) is 0 Å². The van der Waals surface area contributed by atoms with Crippen molar-refractivity contribution in [1.82, 2.24) is 15.1 Å². The van der Waals surface area contributed by atoms with Crippen LogP contribution in [0.4, 0.5) is 15.3 Å². The van der Waals surface area contributed by atoms with Gasteiger partial charge in [0, 0.05) is 22.9 Å². The van der Waals surface area contributed by atoms with Gasteiger partial charge in [-0.15, -0.1) is 0 Å². The second-order valence-corrected chi connectivity index (χ2v) is 11.9. The maximum Gasteiger partial charge on any atom is 0.417 e. The predicted octanol–water partition coefficient (Wildman–Crippen LogP) is 5.72. The van der Waals surface area contributed by atoms with Crippen LogP contribution in [0.15, 0.2) is 101 Å². The number of nitrogens with one attached hydrogen (secondary N) is 1. The van der Waals surface area contributed by atoms with Gasteiger partial charge in [-0.3, -0.25) is 5.32 Å². The number of hydrogen-bond donors (Lipinski definition) is 2. The Kier molecular flexibility index (Phi) is 8.16. The number of rotatable bonds is 8. The average molecular weight is 600 g/mol. The summed E-state index contributed by atoms with van der Waals surface area (Å²) in [5.74, 6) is 0.345. The number of primary amides is 1. The summed E-state index contributed by atoms with van der Waals surface area (Å²) in [7, 11) is -3.45. The molecule has 0 saturated carbocycles. The first-order valence-electron chi connectivity index (χ1n) is 12.9. The number of aromatic nitrogens is 3. The van der Waals surface area contributed by atoms with Crippen LogP contribution < -0.4 is 20.5 Å². The minimum Gasteiger partial charge on any atom is -0.410 e. The van der Waals surface area contributed by atoms with Gasteiger partial charge in [0.05, 0.1) is 22.0 Å². The van der Waals surface area contributed by atoms with E-state index in [0.29, 0.717) is 34.0 Å². The fourth-order valence-corrected chi connectivity index (χ4v) is 4.98. The van der Waals surface area contributed by atoms with E-state index in [0.717, 1.165) is 0 Å². The summed E-state index contributed by atoms with van der Waals surface area (Å²) in [6, 6.07) is 23.2. The number of benzene rings is 3. The number of carbonyl (C=O) groups excluding carboxylic acids is 2. The molecule has 0 fully saturated rings. The van der Waals surface area contributed by atoms with Crippen molar-refractivity contribution in [3.05, 3.63) is 91.1 Å². The van der Waals surface area contributed by atoms with E-state index in [-0.39, 0.29) is 22.2 Å². The second-order valence-electron chi connectivity index (χ2n) is 9.43. The van der Waals surface area contributed by atoms with Crippen LogP contribution in [-0.2, 0) is 9.84 Å². The molecule has 3 N–H and O–H groups in total. The number of anilines is 1. The normalized spacial score (nSPS) is 11.2. The molecule has 5 rings (SSSR count). The molecule has 0 radical (unpaired) electrons. The highest BCUT2D eigenvalue weighted by atomic mass is 32.2. The van der Waals surface area contributed by atoms with Gasteiger partial charge in [0.15, 0.2) is 21.3 Å². The van der Waals surface area contributed by atoms with E-state index in [9.17, 15) is 18.0 Å². The van der Waals surface area contributed by atoms with Crippen molar-refractivity contribution < 1.29 is 32.0 Å². The minimum absolute atomic E-state index is 0.0517. The number of amides is 2. The van der Waals surface area contributed by atoms with Gasteiger partial charge in [-0.1, -0.05) is 47.6 Å². The third kappa shape index (κ3) is 6.68. The summed E-state index contributed by atoms with van der Waals surface area (Å²) in [6.07, 6.45) is -0.376. The Balaban J connectivity index is 1.38. The lowest BCUT2D eigenvalue weighted by molar-refractivity contribution is 0.208. The summed E-state index contributed by atoms with van der Waals surface area (Å²) < 4.78 is 40.8. The highest BCUT2D eigenvalue weighted by Crippen LogP contribution is 2.33. The zero-order chi connectivity index (χ0) is 30.6. The Morgan fingerprint density at radius 3 is 2.19 bits per heavy atom. The SMILES string of the molecule is CC(C)S(=O)(=O)c1ccc(-c2cnc(OC(N)=O)c(-c3cc(-c4ccc(NC(=O)Oc5ccccc5)cc4)no3)n2)cc1. The molecule has 5 aromatic rings. The number of carbonyl (C=O) groups is 2. The van der Waals surface area contributed by atoms with E-state index in [1.807, 2.05) is 6.07 Å². The molecule has 2 amide bonds. The Labute approximate surface area is 246 Å². The van der Waals surface area contributed by atoms with Crippen LogP contribution >= 0.6 is 0 Å². The van der Waals surface area contributed by atoms with Gasteiger partial charge in [0.1, 0.15) is 11.4 Å². The number of nitrogens with two attached hydrogens (primary N) is 1. The molecule has 0 bridgehead atoms. The molecule has 2 aromatic heterocycles. The zero-order valence-electron chi connectivity index (χ0n) is 22.9. The first-order chi connectivity index (χ1) is 20.6. The van der Waals surface area contributed by atoms with Gasteiger partial charge in [0.25, 0.3) is 5.88 Å². The molecular weight excluding hydrogens is 574 g/mol. The van der Waals surface area contributed by atoms with E-state index < -0.39 is 27.3 Å². The lowest BCUT2D eigenvalue weighted by Gasteiger charge is -2.10. The third-order valence-corrected chi connectivity index (χ3v) is 8.33. The van der Waals surface area contributed by atoms with Crippen molar-refractivity contribution in [3.8, 4) is 45.6 Å². The molecule has 0 unspecified atom stereocenters. The molecule has 0 aliphatic heterocycles. The van der Waals surface area contributed by atoms with Crippen LogP contribution in [0.3, 0.4) is 0 Å². The van der Waals surface area contributed by atoms with Gasteiger partial charge in [-0.05, 0) is 50.2 Å². The van der Waals surface area contributed by atoms with Gasteiger partial charge < -0.3 is 19.7 Å². The Morgan fingerprint density at radius 2 is 1.53 bits per heavy atom. The Morgan fingerprint density at radius 1 is 0.884 bits per heavy atom. The van der Waals surface area contributed by atoms with E-state index in [4.69, 9.17) is 19.7 Å². The first kappa shape index (κ1) is 29.0. The molecule has 0 atom stereocenters. The number of hydrogen-bond acceptors (Lipinski definition) is 10. The lowest BCUT2D eigenvalue weighted by atomic mass is 10.1. The molecule has 0 aliphatic carbocycles. The molecule has 12 nitrogen and oxygen atoms in total. The predicted molar refractivity (Wildman–Crippen MR) is 157 cm³/mol. The number of nitrogens with zero attached hydrogens (tertiary/aromatic N) is 3. The highest BCUT2D eigenvalue weighted by molar-refractivity contribution is 7.92. The molecule has 43 heavy (non-hydrogen) atoms. The molecule has 3 aromatic carbocycles. The molecule has 2 heterocycles. The van der Waals surface area contributed by atoms with Crippen LogP contribution in [0.25, 0.3) is 34.0 Å². The van der Waals surface area contributed by atoms with E-state index >= 15 is 0 Å². The van der Waals surface area contributed by atoms with Crippen molar-refractivity contribution in [3.63, 3.8) is 0 Å². The van der Waals surface area contributed by atoms with E-state index in [2.05, 4.69) is 20.4 Å². The topological polar surface area (TPSA) is 177 Å². The number of sulfone groups is 1. The minimum atomic E-state index is -3.45. The molecular formula is C30H25N5O7S. The van der Waals surface area contributed by atoms with E-state index in [1.54, 1.807) is 80.6 Å². The Hall–Kier alpha value is -5.56. The molecule has 0 aliphatic rings. The van der Waals surface area contributed by atoms with Gasteiger partial charge in [-0.2, -0.15) is 0 Å². The summed E-state index contributed by atoms with van der Waals surface area (Å²) in [5, 5.41) is 6.17. The van der Waals surface area contributed by atoms with Crippen molar-refractivity contribution in [2.24, 2.45) is 5.73 Å². The van der Waals surface area contributed by atoms with Crippen molar-refractivity contribution in [2.45, 2.75) is 24.0 Å². The largest absolute Gasteiger partial charge is 0.417 e. The maximum absolute atomic E-state index is 12.5. The monoisotopic (exact) mass is 599 g/mol. The fraction of sp³-hybridized carbons (Fsp3) is 0.100. The second kappa shape index (κ2) is 12.1. The quantitative estimate of drug-likeness (QED) is 0.224. The van der Waals surface area contributed by atoms with Crippen molar-refractivity contribution in [2.75, 3.05) is 5.32 Å². The molecule has 0 spiro atoms. The summed E-state index contributed by atoms with van der Waals surface area (Å²) in [5.41, 5.74) is 7.77. The van der Waals surface area contributed by atoms with Crippen LogP contribution in [0.2, 0.25) is 0 Å². The summed E-state index contributed by atoms with van der Waals surface area (Å²) in [4.78, 5) is 32.6. The van der Waals surface area contributed by atoms with Crippen molar-refractivity contribution >= 4 is 27.7 Å². The Bertz CT molecular complexity index is 1870. The average Bonchev–Trinajstić information content (AvgIpc) is 3.48. The molecule has 13 heteroatoms. The smallest absolute Gasteiger partial charge is 0.410 e. The standard InChI is InChI=1S/C30H25N5O7S/c1-18(2)43(38,39)23-14-10-20(11-15-23)25-17-32-28(41-29(31)36)27(34-25)26-16-24(35-42-26)19-8-12-21(13-9-19)33-30(37)40-22-6-4-3-5-7-22/h3-18H,1-2H3,(H2,31,36)(H,33,37). The summed E-state index contributed by atoms with van der Waals surface area (Å²) in [6.45, 7) is 3.22. The maximum atomic E-state index is 12.5. The fourth-order valence-electron chi connectivity index (χ4n) is 3.92. The van der Waals surface area contributed by atoms with Gasteiger partial charge in [-0.25, -0.2) is 28.0 Å².